The van der Waals surface area contributed by atoms with Crippen molar-refractivity contribution in [3.05, 3.63) is 95.6 Å². The molecule has 2 aromatic carbocycles. The summed E-state index contributed by atoms with van der Waals surface area (Å²) >= 11 is 0. The van der Waals surface area contributed by atoms with E-state index in [4.69, 9.17) is 0 Å². The van der Waals surface area contributed by atoms with Gasteiger partial charge in [0.1, 0.15) is 11.5 Å². The number of hydrogen-bond donors (Lipinski definition) is 2. The SMILES string of the molecule is CCCc1ccc(S(=O)(=O)Nc2ccc(F)c(C(=O)c3c[nH]c4ncc(-c5cnn(C)c5)cc34)c2F)cc1. The van der Waals surface area contributed by atoms with Gasteiger partial charge in [-0.3, -0.25) is 14.2 Å². The second-order valence-corrected chi connectivity index (χ2v) is 10.5. The summed E-state index contributed by atoms with van der Waals surface area (Å²) in [7, 11) is -2.43. The van der Waals surface area contributed by atoms with Gasteiger partial charge in [-0.2, -0.15) is 5.10 Å². The predicted octanol–water partition coefficient (Wildman–Crippen LogP) is 5.23. The number of carbonyl (C=O) groups is 1. The summed E-state index contributed by atoms with van der Waals surface area (Å²) in [6, 6.07) is 9.67. The van der Waals surface area contributed by atoms with E-state index in [9.17, 15) is 17.6 Å². The summed E-state index contributed by atoms with van der Waals surface area (Å²) in [5.41, 5.74) is 1.29. The molecule has 0 saturated carbocycles. The molecule has 0 amide bonds. The molecule has 5 aromatic rings. The highest BCUT2D eigenvalue weighted by Crippen LogP contribution is 2.30. The molecular weight excluding hydrogens is 512 g/mol. The topological polar surface area (TPSA) is 110 Å². The summed E-state index contributed by atoms with van der Waals surface area (Å²) in [5, 5.41) is 4.48. The molecule has 194 valence electrons. The van der Waals surface area contributed by atoms with E-state index in [1.165, 1.54) is 18.3 Å². The molecule has 0 atom stereocenters. The monoisotopic (exact) mass is 535 g/mol. The van der Waals surface area contributed by atoms with Gasteiger partial charge in [-0.1, -0.05) is 25.5 Å². The van der Waals surface area contributed by atoms with Gasteiger partial charge in [-0.15, -0.1) is 0 Å². The summed E-state index contributed by atoms with van der Waals surface area (Å²) in [5.74, 6) is -3.39. The number of ketones is 1. The summed E-state index contributed by atoms with van der Waals surface area (Å²) in [4.78, 5) is 20.4. The third-order valence-corrected chi connectivity index (χ3v) is 7.53. The molecule has 38 heavy (non-hydrogen) atoms. The van der Waals surface area contributed by atoms with Crippen molar-refractivity contribution in [3.63, 3.8) is 0 Å². The van der Waals surface area contributed by atoms with Crippen LogP contribution in [0.1, 0.15) is 34.8 Å². The van der Waals surface area contributed by atoms with Crippen molar-refractivity contribution in [2.24, 2.45) is 7.05 Å². The maximum absolute atomic E-state index is 15.5. The molecule has 11 heteroatoms. The number of benzene rings is 2. The first-order valence-electron chi connectivity index (χ1n) is 11.8. The van der Waals surface area contributed by atoms with Crippen molar-refractivity contribution in [2.45, 2.75) is 24.7 Å². The quantitative estimate of drug-likeness (QED) is 0.265. The minimum absolute atomic E-state index is 0.0115. The van der Waals surface area contributed by atoms with Crippen LogP contribution >= 0.6 is 0 Å². The van der Waals surface area contributed by atoms with Crippen LogP contribution in [0.15, 0.2) is 72.1 Å². The minimum Gasteiger partial charge on any atom is -0.345 e. The molecular formula is C27H23F2N5O3S. The molecule has 0 aliphatic rings. The Bertz CT molecular complexity index is 1780. The molecule has 5 rings (SSSR count). The number of nitrogens with zero attached hydrogens (tertiary/aromatic N) is 3. The Labute approximate surface area is 217 Å². The lowest BCUT2D eigenvalue weighted by atomic mass is 10.0. The summed E-state index contributed by atoms with van der Waals surface area (Å²) in [6.07, 6.45) is 8.00. The Balaban J connectivity index is 1.50. The van der Waals surface area contributed by atoms with Gasteiger partial charge < -0.3 is 4.98 Å². The largest absolute Gasteiger partial charge is 0.345 e. The fraction of sp³-hybridized carbons (Fsp3) is 0.148. The molecule has 8 nitrogen and oxygen atoms in total. The smallest absolute Gasteiger partial charge is 0.261 e. The van der Waals surface area contributed by atoms with E-state index in [0.717, 1.165) is 36.1 Å². The van der Waals surface area contributed by atoms with Gasteiger partial charge in [0.05, 0.1) is 22.3 Å². The van der Waals surface area contributed by atoms with Gasteiger partial charge in [-0.05, 0) is 42.3 Å². The Morgan fingerprint density at radius 3 is 2.53 bits per heavy atom. The van der Waals surface area contributed by atoms with Gasteiger partial charge in [0.2, 0.25) is 5.78 Å². The third kappa shape index (κ3) is 4.68. The number of aromatic nitrogens is 4. The van der Waals surface area contributed by atoms with E-state index in [1.54, 1.807) is 48.5 Å². The second kappa shape index (κ2) is 9.82. The molecule has 0 aliphatic carbocycles. The van der Waals surface area contributed by atoms with Crippen molar-refractivity contribution in [1.29, 1.82) is 0 Å². The molecule has 0 aliphatic heterocycles. The Morgan fingerprint density at radius 2 is 1.84 bits per heavy atom. The van der Waals surface area contributed by atoms with E-state index in [1.807, 2.05) is 6.92 Å². The Kier molecular flexibility index (Phi) is 6.53. The second-order valence-electron chi connectivity index (χ2n) is 8.84. The van der Waals surface area contributed by atoms with Gasteiger partial charge in [0.25, 0.3) is 10.0 Å². The number of H-pyrrole nitrogens is 1. The Hall–Kier alpha value is -4.38. The predicted molar refractivity (Wildman–Crippen MR) is 139 cm³/mol. The number of rotatable bonds is 8. The van der Waals surface area contributed by atoms with Crippen LogP contribution in [0, 0.1) is 11.6 Å². The number of carbonyl (C=O) groups excluding carboxylic acids is 1. The number of anilines is 1. The van der Waals surface area contributed by atoms with Crippen molar-refractivity contribution in [2.75, 3.05) is 4.72 Å². The van der Waals surface area contributed by atoms with Crippen LogP contribution in [0.5, 0.6) is 0 Å². The van der Waals surface area contributed by atoms with Crippen LogP contribution < -0.4 is 4.72 Å². The lowest BCUT2D eigenvalue weighted by Gasteiger charge is -2.12. The fourth-order valence-electron chi connectivity index (χ4n) is 4.22. The average Bonchev–Trinajstić information content (AvgIpc) is 3.52. The highest BCUT2D eigenvalue weighted by atomic mass is 32.2. The van der Waals surface area contributed by atoms with E-state index >= 15 is 4.39 Å². The lowest BCUT2D eigenvalue weighted by molar-refractivity contribution is 0.103. The van der Waals surface area contributed by atoms with E-state index < -0.39 is 38.7 Å². The zero-order valence-electron chi connectivity index (χ0n) is 20.5. The zero-order chi connectivity index (χ0) is 27.0. The summed E-state index contributed by atoms with van der Waals surface area (Å²) < 4.78 is 59.9. The maximum Gasteiger partial charge on any atom is 0.261 e. The number of sulfonamides is 1. The van der Waals surface area contributed by atoms with Crippen LogP contribution in [0.2, 0.25) is 0 Å². The number of aromatic amines is 1. The van der Waals surface area contributed by atoms with E-state index in [-0.39, 0.29) is 10.5 Å². The number of nitrogens with one attached hydrogen (secondary N) is 2. The third-order valence-electron chi connectivity index (χ3n) is 6.15. The van der Waals surface area contributed by atoms with Gasteiger partial charge >= 0.3 is 0 Å². The molecule has 3 aromatic heterocycles. The van der Waals surface area contributed by atoms with Crippen LogP contribution in [0.4, 0.5) is 14.5 Å². The molecule has 0 radical (unpaired) electrons. The summed E-state index contributed by atoms with van der Waals surface area (Å²) in [6.45, 7) is 2.01. The highest BCUT2D eigenvalue weighted by molar-refractivity contribution is 7.92. The van der Waals surface area contributed by atoms with Gasteiger partial charge in [0, 0.05) is 47.7 Å². The van der Waals surface area contributed by atoms with E-state index in [2.05, 4.69) is 19.8 Å². The molecule has 2 N–H and O–H groups in total. The molecule has 0 fully saturated rings. The zero-order valence-corrected chi connectivity index (χ0v) is 21.3. The maximum atomic E-state index is 15.5. The van der Waals surface area contributed by atoms with Crippen LogP contribution in [0.3, 0.4) is 0 Å². The van der Waals surface area contributed by atoms with Gasteiger partial charge in [-0.25, -0.2) is 22.2 Å². The molecule has 0 bridgehead atoms. The number of fused-ring (bicyclic) bond motifs is 1. The van der Waals surface area contributed by atoms with Crippen molar-refractivity contribution < 1.29 is 22.0 Å². The first kappa shape index (κ1) is 25.3. The van der Waals surface area contributed by atoms with Crippen LogP contribution in [-0.2, 0) is 23.5 Å². The van der Waals surface area contributed by atoms with Crippen molar-refractivity contribution >= 4 is 32.5 Å². The van der Waals surface area contributed by atoms with Crippen molar-refractivity contribution in [3.8, 4) is 11.1 Å². The Morgan fingerprint density at radius 1 is 1.08 bits per heavy atom. The number of pyridine rings is 1. The number of halogens is 2. The molecule has 0 unspecified atom stereocenters. The first-order valence-corrected chi connectivity index (χ1v) is 13.3. The highest BCUT2D eigenvalue weighted by Gasteiger charge is 2.26. The lowest BCUT2D eigenvalue weighted by Crippen LogP contribution is -2.16. The normalized spacial score (nSPS) is 11.7. The van der Waals surface area contributed by atoms with Gasteiger partial charge in [0.15, 0.2) is 5.82 Å². The average molecular weight is 536 g/mol. The first-order chi connectivity index (χ1) is 18.2. The standard InChI is InChI=1S/C27H23F2N5O3S/c1-3-4-16-5-7-19(8-6-16)38(36,37)33-23-10-9-22(28)24(25(23)29)26(35)21-14-31-27-20(21)11-17(12-30-27)18-13-32-34(2)15-18/h5-15,33H,3-4H2,1-2H3,(H,30,31). The molecule has 3 heterocycles. The minimum atomic E-state index is -4.19. The number of aryl methyl sites for hydroxylation is 2. The van der Waals surface area contributed by atoms with Crippen LogP contribution in [0.25, 0.3) is 22.2 Å². The van der Waals surface area contributed by atoms with Crippen molar-refractivity contribution in [1.82, 2.24) is 19.7 Å². The fourth-order valence-corrected chi connectivity index (χ4v) is 5.28. The molecule has 0 saturated heterocycles. The van der Waals surface area contributed by atoms with Crippen LogP contribution in [-0.4, -0.2) is 33.9 Å². The van der Waals surface area contributed by atoms with E-state index in [0.29, 0.717) is 16.6 Å². The number of hydrogen-bond acceptors (Lipinski definition) is 5. The molecule has 0 spiro atoms.